The lowest BCUT2D eigenvalue weighted by atomic mass is 10.1. The van der Waals surface area contributed by atoms with Crippen LogP contribution in [0.3, 0.4) is 0 Å². The first kappa shape index (κ1) is 28.5. The first-order chi connectivity index (χ1) is 20.2. The second kappa shape index (κ2) is 12.7. The zero-order valence-corrected chi connectivity index (χ0v) is 24.2. The van der Waals surface area contributed by atoms with Gasteiger partial charge in [-0.3, -0.25) is 9.59 Å². The van der Waals surface area contributed by atoms with Gasteiger partial charge in [0.15, 0.2) is 0 Å². The lowest BCUT2D eigenvalue weighted by molar-refractivity contribution is -0.111. The molecule has 3 N–H and O–H groups in total. The molecule has 0 unspecified atom stereocenters. The second-order valence-electron chi connectivity index (χ2n) is 9.98. The number of carbonyl (C=O) groups is 2. The van der Waals surface area contributed by atoms with Crippen LogP contribution in [0.15, 0.2) is 97.3 Å². The van der Waals surface area contributed by atoms with Crippen molar-refractivity contribution in [2.45, 2.75) is 0 Å². The topological polar surface area (TPSA) is 104 Å². The maximum Gasteiger partial charge on any atom is 0.255 e. The summed E-state index contributed by atoms with van der Waals surface area (Å²) in [6.07, 6.45) is 6.85. The molecule has 3 aromatic carbocycles. The molecule has 0 saturated heterocycles. The average molecular weight is 580 g/mol. The van der Waals surface area contributed by atoms with Crippen molar-refractivity contribution in [3.05, 3.63) is 108 Å². The van der Waals surface area contributed by atoms with Gasteiger partial charge in [-0.05, 0) is 74.1 Å². The molecule has 0 aliphatic heterocycles. The third-order valence-corrected chi connectivity index (χ3v) is 6.71. The van der Waals surface area contributed by atoms with Crippen LogP contribution in [0.1, 0.15) is 10.4 Å². The van der Waals surface area contributed by atoms with Crippen molar-refractivity contribution < 1.29 is 9.59 Å². The summed E-state index contributed by atoms with van der Waals surface area (Å²) in [6.45, 7) is 0.669. The summed E-state index contributed by atoms with van der Waals surface area (Å²) in [6, 6.07) is 22.1. The van der Waals surface area contributed by atoms with Crippen LogP contribution < -0.4 is 16.0 Å². The van der Waals surface area contributed by atoms with Crippen LogP contribution >= 0.6 is 11.6 Å². The predicted octanol–water partition coefficient (Wildman–Crippen LogP) is 6.34. The Morgan fingerprint density at radius 2 is 1.74 bits per heavy atom. The Morgan fingerprint density at radius 3 is 2.52 bits per heavy atom. The SMILES string of the molecule is CN(C)C/C=C/C(=O)Nc1ccc(C(=O)Nc2cccc(Nc3ncc(Cl)c(-c4ccc5ccn(C)c5c4)n3)c2)cc1. The number of carbonyl (C=O) groups excluding carboxylic acids is 2. The van der Waals surface area contributed by atoms with E-state index in [9.17, 15) is 9.59 Å². The molecule has 0 saturated carbocycles. The van der Waals surface area contributed by atoms with Crippen LogP contribution in [0, 0.1) is 0 Å². The fraction of sp³-hybridized carbons (Fsp3) is 0.125. The van der Waals surface area contributed by atoms with Gasteiger partial charge in [0.1, 0.15) is 0 Å². The van der Waals surface area contributed by atoms with Gasteiger partial charge in [0, 0.05) is 59.6 Å². The minimum Gasteiger partial charge on any atom is -0.351 e. The number of nitrogens with zero attached hydrogens (tertiary/aromatic N) is 4. The number of fused-ring (bicyclic) bond motifs is 1. The molecular formula is C32H30ClN7O2. The molecule has 212 valence electrons. The molecule has 0 aliphatic rings. The number of aromatic nitrogens is 3. The highest BCUT2D eigenvalue weighted by Crippen LogP contribution is 2.30. The molecule has 0 atom stereocenters. The first-order valence-electron chi connectivity index (χ1n) is 13.2. The van der Waals surface area contributed by atoms with Gasteiger partial charge in [0.25, 0.3) is 5.91 Å². The largest absolute Gasteiger partial charge is 0.351 e. The average Bonchev–Trinajstić information content (AvgIpc) is 3.34. The molecule has 5 aromatic rings. The third-order valence-electron chi connectivity index (χ3n) is 6.44. The van der Waals surface area contributed by atoms with Gasteiger partial charge in [-0.2, -0.15) is 0 Å². The Kier molecular flexibility index (Phi) is 8.61. The highest BCUT2D eigenvalue weighted by Gasteiger charge is 2.12. The molecule has 2 aromatic heterocycles. The molecule has 5 rings (SSSR count). The number of likely N-dealkylation sites (N-methyl/N-ethyl adjacent to an activating group) is 1. The summed E-state index contributed by atoms with van der Waals surface area (Å²) < 4.78 is 2.05. The molecule has 9 nitrogen and oxygen atoms in total. The van der Waals surface area contributed by atoms with E-state index < -0.39 is 0 Å². The van der Waals surface area contributed by atoms with Gasteiger partial charge in [-0.25, -0.2) is 9.97 Å². The number of anilines is 4. The van der Waals surface area contributed by atoms with Gasteiger partial charge >= 0.3 is 0 Å². The van der Waals surface area contributed by atoms with E-state index in [0.717, 1.165) is 16.5 Å². The number of hydrogen-bond donors (Lipinski definition) is 3. The number of hydrogen-bond acceptors (Lipinski definition) is 6. The van der Waals surface area contributed by atoms with Gasteiger partial charge < -0.3 is 25.4 Å². The summed E-state index contributed by atoms with van der Waals surface area (Å²) in [5.41, 5.74) is 4.92. The normalized spacial score (nSPS) is 11.3. The molecule has 42 heavy (non-hydrogen) atoms. The van der Waals surface area contributed by atoms with E-state index in [1.54, 1.807) is 48.7 Å². The van der Waals surface area contributed by atoms with E-state index in [-0.39, 0.29) is 11.8 Å². The van der Waals surface area contributed by atoms with Gasteiger partial charge in [0.2, 0.25) is 11.9 Å². The fourth-order valence-corrected chi connectivity index (χ4v) is 4.51. The van der Waals surface area contributed by atoms with Crippen molar-refractivity contribution in [2.75, 3.05) is 36.6 Å². The lowest BCUT2D eigenvalue weighted by Crippen LogP contribution is -2.13. The van der Waals surface area contributed by atoms with Crippen molar-refractivity contribution in [3.63, 3.8) is 0 Å². The molecule has 0 bridgehead atoms. The highest BCUT2D eigenvalue weighted by atomic mass is 35.5. The monoisotopic (exact) mass is 579 g/mol. The quantitative estimate of drug-likeness (QED) is 0.176. The zero-order valence-electron chi connectivity index (χ0n) is 23.4. The summed E-state index contributed by atoms with van der Waals surface area (Å²) in [7, 11) is 5.85. The Balaban J connectivity index is 1.24. The van der Waals surface area contributed by atoms with Crippen molar-refractivity contribution in [2.24, 2.45) is 7.05 Å². The van der Waals surface area contributed by atoms with Crippen molar-refractivity contribution in [1.82, 2.24) is 19.4 Å². The summed E-state index contributed by atoms with van der Waals surface area (Å²) >= 11 is 6.47. The lowest BCUT2D eigenvalue weighted by Gasteiger charge is -2.11. The fourth-order valence-electron chi connectivity index (χ4n) is 4.31. The Labute approximate surface area is 248 Å². The summed E-state index contributed by atoms with van der Waals surface area (Å²) in [5.74, 6) is -0.136. The maximum absolute atomic E-state index is 12.9. The van der Waals surface area contributed by atoms with Crippen LogP contribution in [-0.2, 0) is 11.8 Å². The number of aryl methyl sites for hydroxylation is 1. The van der Waals surface area contributed by atoms with Crippen LogP contribution in [-0.4, -0.2) is 51.9 Å². The Hall–Kier alpha value is -4.99. The molecule has 0 fully saturated rings. The minimum atomic E-state index is -0.281. The van der Waals surface area contributed by atoms with Gasteiger partial charge in [0.05, 0.1) is 16.9 Å². The Morgan fingerprint density at radius 1 is 0.952 bits per heavy atom. The number of amides is 2. The number of rotatable bonds is 9. The molecular weight excluding hydrogens is 550 g/mol. The summed E-state index contributed by atoms with van der Waals surface area (Å²) in [5, 5.41) is 10.5. The predicted molar refractivity (Wildman–Crippen MR) is 169 cm³/mol. The van der Waals surface area contributed by atoms with Gasteiger partial charge in [-0.15, -0.1) is 0 Å². The van der Waals surface area contributed by atoms with E-state index in [1.165, 1.54) is 6.08 Å². The van der Waals surface area contributed by atoms with Crippen LogP contribution in [0.5, 0.6) is 0 Å². The standard InChI is InChI=1S/C32H30ClN7O2/c1-39(2)16-5-8-29(41)35-24-13-11-22(12-14-24)31(42)36-25-6-4-7-26(19-25)37-32-34-20-27(33)30(38-32)23-10-9-21-15-17-40(3)28(21)18-23/h4-15,17-20H,16H2,1-3H3,(H,35,41)(H,36,42)(H,34,37,38)/b8-5+. The molecule has 0 radical (unpaired) electrons. The second-order valence-corrected chi connectivity index (χ2v) is 10.4. The minimum absolute atomic E-state index is 0.229. The number of nitrogens with one attached hydrogen (secondary N) is 3. The van der Waals surface area contributed by atoms with Crippen molar-refractivity contribution >= 4 is 57.3 Å². The Bertz CT molecular complexity index is 1780. The van der Waals surface area contributed by atoms with Crippen LogP contribution in [0.4, 0.5) is 23.0 Å². The molecule has 10 heteroatoms. The molecule has 0 aliphatic carbocycles. The highest BCUT2D eigenvalue weighted by molar-refractivity contribution is 6.33. The smallest absolute Gasteiger partial charge is 0.255 e. The summed E-state index contributed by atoms with van der Waals surface area (Å²) in [4.78, 5) is 35.9. The first-order valence-corrected chi connectivity index (χ1v) is 13.6. The number of halogens is 1. The van der Waals surface area contributed by atoms with Crippen molar-refractivity contribution in [1.29, 1.82) is 0 Å². The maximum atomic E-state index is 12.9. The third kappa shape index (κ3) is 7.01. The van der Waals surface area contributed by atoms with Gasteiger partial charge in [-0.1, -0.05) is 35.9 Å². The van der Waals surface area contributed by atoms with E-state index in [1.807, 2.05) is 67.1 Å². The van der Waals surface area contributed by atoms with E-state index in [4.69, 9.17) is 11.6 Å². The zero-order chi connectivity index (χ0) is 29.6. The van der Waals surface area contributed by atoms with Crippen molar-refractivity contribution in [3.8, 4) is 11.3 Å². The molecule has 2 heterocycles. The number of benzene rings is 3. The van der Waals surface area contributed by atoms with E-state index in [2.05, 4.69) is 32.0 Å². The van der Waals surface area contributed by atoms with E-state index >= 15 is 0 Å². The van der Waals surface area contributed by atoms with Crippen LogP contribution in [0.25, 0.3) is 22.2 Å². The van der Waals surface area contributed by atoms with Crippen LogP contribution in [0.2, 0.25) is 5.02 Å². The molecule has 0 spiro atoms. The molecule has 2 amide bonds. The van der Waals surface area contributed by atoms with E-state index in [0.29, 0.717) is 45.8 Å².